The average Bonchev–Trinajstić information content (AvgIpc) is 2.34. The summed E-state index contributed by atoms with van der Waals surface area (Å²) in [5.41, 5.74) is -0.512. The first-order valence-electron chi connectivity index (χ1n) is 5.21. The lowest BCUT2D eigenvalue weighted by molar-refractivity contribution is -0.387. The van der Waals surface area contributed by atoms with Crippen LogP contribution in [0, 0.1) is 10.1 Å². The molecular weight excluding hydrogens is 276 g/mol. The van der Waals surface area contributed by atoms with E-state index in [0.717, 1.165) is 12.1 Å². The largest absolute Gasteiger partial charge is 0.464 e. The summed E-state index contributed by atoms with van der Waals surface area (Å²) in [5, 5.41) is 10.7. The molecule has 0 aliphatic carbocycles. The Morgan fingerprint density at radius 3 is 2.63 bits per heavy atom. The predicted octanol–water partition coefficient (Wildman–Crippen LogP) is 0.436. The number of rotatable bonds is 6. The normalized spacial score (nSPS) is 11.0. The van der Waals surface area contributed by atoms with Gasteiger partial charge in [-0.1, -0.05) is 12.1 Å². The Hall–Kier alpha value is -2.00. The third kappa shape index (κ3) is 4.30. The highest BCUT2D eigenvalue weighted by molar-refractivity contribution is 7.89. The highest BCUT2D eigenvalue weighted by Crippen LogP contribution is 2.22. The standard InChI is InChI=1S/C10H12N2O6S/c1-8(13)18-7-6-11-19(16,17)10-5-3-2-4-9(10)12(14)15/h2-5,11H,6-7H2,1H3. The maximum Gasteiger partial charge on any atom is 0.302 e. The molecule has 0 fully saturated rings. The van der Waals surface area contributed by atoms with E-state index in [1.807, 2.05) is 0 Å². The molecule has 19 heavy (non-hydrogen) atoms. The molecule has 1 rings (SSSR count). The topological polar surface area (TPSA) is 116 Å². The number of carbonyl (C=O) groups excluding carboxylic acids is 1. The first-order chi connectivity index (χ1) is 8.84. The van der Waals surface area contributed by atoms with Crippen molar-refractivity contribution in [2.75, 3.05) is 13.2 Å². The average molecular weight is 288 g/mol. The van der Waals surface area contributed by atoms with Crippen molar-refractivity contribution in [3.8, 4) is 0 Å². The molecule has 0 radical (unpaired) electrons. The summed E-state index contributed by atoms with van der Waals surface area (Å²) in [6, 6.07) is 4.98. The van der Waals surface area contributed by atoms with Crippen LogP contribution < -0.4 is 4.72 Å². The van der Waals surface area contributed by atoms with Gasteiger partial charge in [-0.15, -0.1) is 0 Å². The van der Waals surface area contributed by atoms with Gasteiger partial charge >= 0.3 is 5.97 Å². The lowest BCUT2D eigenvalue weighted by Crippen LogP contribution is -2.28. The van der Waals surface area contributed by atoms with Crippen LogP contribution in [0.25, 0.3) is 0 Å². The molecular formula is C10H12N2O6S. The fourth-order valence-electron chi connectivity index (χ4n) is 1.28. The first kappa shape index (κ1) is 15.1. The molecule has 0 amide bonds. The van der Waals surface area contributed by atoms with Crippen molar-refractivity contribution < 1.29 is 22.9 Å². The van der Waals surface area contributed by atoms with Crippen LogP contribution in [0.15, 0.2) is 29.2 Å². The Bertz CT molecular complexity index is 583. The lowest BCUT2D eigenvalue weighted by Gasteiger charge is -2.07. The molecule has 0 atom stereocenters. The van der Waals surface area contributed by atoms with Gasteiger partial charge in [-0.3, -0.25) is 14.9 Å². The molecule has 0 bridgehead atoms. The van der Waals surface area contributed by atoms with Gasteiger partial charge in [-0.25, -0.2) is 13.1 Å². The van der Waals surface area contributed by atoms with Crippen LogP contribution in [-0.2, 0) is 19.6 Å². The Labute approximate surface area is 109 Å². The molecule has 0 saturated carbocycles. The maximum atomic E-state index is 11.8. The number of hydrogen-bond acceptors (Lipinski definition) is 6. The van der Waals surface area contributed by atoms with Crippen LogP contribution in [0.5, 0.6) is 0 Å². The van der Waals surface area contributed by atoms with E-state index in [9.17, 15) is 23.3 Å². The first-order valence-corrected chi connectivity index (χ1v) is 6.69. The van der Waals surface area contributed by atoms with Crippen LogP contribution in [0.2, 0.25) is 0 Å². The second-order valence-corrected chi connectivity index (χ2v) is 5.20. The number of nitro benzene ring substituents is 1. The number of nitrogens with one attached hydrogen (secondary N) is 1. The molecule has 0 spiro atoms. The fraction of sp³-hybridized carbons (Fsp3) is 0.300. The summed E-state index contributed by atoms with van der Waals surface area (Å²) in [6.45, 7) is 0.889. The molecule has 8 nitrogen and oxygen atoms in total. The minimum absolute atomic E-state index is 0.144. The van der Waals surface area contributed by atoms with E-state index >= 15 is 0 Å². The Morgan fingerprint density at radius 2 is 2.05 bits per heavy atom. The Kier molecular flexibility index (Phi) is 4.95. The lowest BCUT2D eigenvalue weighted by atomic mass is 10.3. The number of para-hydroxylation sites is 1. The van der Waals surface area contributed by atoms with E-state index in [1.165, 1.54) is 19.1 Å². The van der Waals surface area contributed by atoms with Crippen molar-refractivity contribution in [3.63, 3.8) is 0 Å². The van der Waals surface area contributed by atoms with Crippen LogP contribution in [0.4, 0.5) is 5.69 Å². The number of carbonyl (C=O) groups is 1. The summed E-state index contributed by atoms with van der Waals surface area (Å²) < 4.78 is 30.4. The summed E-state index contributed by atoms with van der Waals surface area (Å²) in [7, 11) is -4.02. The number of hydrogen-bond donors (Lipinski definition) is 1. The molecule has 1 N–H and O–H groups in total. The van der Waals surface area contributed by atoms with Crippen LogP contribution in [-0.4, -0.2) is 32.5 Å². The van der Waals surface area contributed by atoms with Gasteiger partial charge in [-0.2, -0.15) is 0 Å². The molecule has 0 aliphatic heterocycles. The van der Waals surface area contributed by atoms with Gasteiger partial charge in [-0.05, 0) is 6.07 Å². The molecule has 1 aromatic rings. The van der Waals surface area contributed by atoms with Gasteiger partial charge in [0.1, 0.15) is 6.61 Å². The molecule has 0 heterocycles. The predicted molar refractivity (Wildman–Crippen MR) is 64.9 cm³/mol. The molecule has 1 aromatic carbocycles. The number of nitro groups is 1. The zero-order chi connectivity index (χ0) is 14.5. The van der Waals surface area contributed by atoms with Gasteiger partial charge < -0.3 is 4.74 Å². The minimum Gasteiger partial charge on any atom is -0.464 e. The SMILES string of the molecule is CC(=O)OCCNS(=O)(=O)c1ccccc1[N+](=O)[O-]. The maximum absolute atomic E-state index is 11.8. The van der Waals surface area contributed by atoms with E-state index in [-0.39, 0.29) is 13.2 Å². The number of esters is 1. The molecule has 9 heteroatoms. The number of benzene rings is 1. The summed E-state index contributed by atoms with van der Waals surface area (Å²) in [5.74, 6) is -0.537. The number of ether oxygens (including phenoxy) is 1. The van der Waals surface area contributed by atoms with Crippen LogP contribution in [0.1, 0.15) is 6.92 Å². The molecule has 0 saturated heterocycles. The van der Waals surface area contributed by atoms with Crippen molar-refractivity contribution in [3.05, 3.63) is 34.4 Å². The summed E-state index contributed by atoms with van der Waals surface area (Å²) >= 11 is 0. The van der Waals surface area contributed by atoms with Gasteiger partial charge in [0.05, 0.1) is 4.92 Å². The van der Waals surface area contributed by atoms with Gasteiger partial charge in [0.15, 0.2) is 4.90 Å². The third-order valence-corrected chi connectivity index (χ3v) is 3.56. The van der Waals surface area contributed by atoms with Gasteiger partial charge in [0, 0.05) is 19.5 Å². The Balaban J connectivity index is 2.83. The van der Waals surface area contributed by atoms with Crippen molar-refractivity contribution in [1.82, 2.24) is 4.72 Å². The molecule has 0 aromatic heterocycles. The fourth-order valence-corrected chi connectivity index (χ4v) is 2.47. The second kappa shape index (κ2) is 6.25. The van der Waals surface area contributed by atoms with Crippen molar-refractivity contribution in [1.29, 1.82) is 0 Å². The molecule has 104 valence electrons. The smallest absolute Gasteiger partial charge is 0.302 e. The molecule has 0 unspecified atom stereocenters. The van der Waals surface area contributed by atoms with Gasteiger partial charge in [0.25, 0.3) is 5.69 Å². The summed E-state index contributed by atoms with van der Waals surface area (Å²) in [4.78, 5) is 20.0. The summed E-state index contributed by atoms with van der Waals surface area (Å²) in [6.07, 6.45) is 0. The van der Waals surface area contributed by atoms with E-state index in [0.29, 0.717) is 0 Å². The van der Waals surface area contributed by atoms with E-state index < -0.39 is 31.5 Å². The third-order valence-electron chi connectivity index (χ3n) is 2.05. The van der Waals surface area contributed by atoms with Crippen molar-refractivity contribution >= 4 is 21.7 Å². The number of nitrogens with zero attached hydrogens (tertiary/aromatic N) is 1. The zero-order valence-electron chi connectivity index (χ0n) is 10.0. The highest BCUT2D eigenvalue weighted by Gasteiger charge is 2.24. The van der Waals surface area contributed by atoms with E-state index in [4.69, 9.17) is 0 Å². The quantitative estimate of drug-likeness (QED) is 0.351. The van der Waals surface area contributed by atoms with Crippen molar-refractivity contribution in [2.45, 2.75) is 11.8 Å². The monoisotopic (exact) mass is 288 g/mol. The van der Waals surface area contributed by atoms with Crippen molar-refractivity contribution in [2.24, 2.45) is 0 Å². The Morgan fingerprint density at radius 1 is 1.42 bits per heavy atom. The number of sulfonamides is 1. The minimum atomic E-state index is -4.02. The molecule has 0 aliphatic rings. The van der Waals surface area contributed by atoms with Crippen LogP contribution >= 0.6 is 0 Å². The van der Waals surface area contributed by atoms with E-state index in [2.05, 4.69) is 9.46 Å². The van der Waals surface area contributed by atoms with Gasteiger partial charge in [0.2, 0.25) is 10.0 Å². The van der Waals surface area contributed by atoms with Crippen LogP contribution in [0.3, 0.4) is 0 Å². The zero-order valence-corrected chi connectivity index (χ0v) is 10.8. The highest BCUT2D eigenvalue weighted by atomic mass is 32.2. The second-order valence-electron chi connectivity index (χ2n) is 3.46. The van der Waals surface area contributed by atoms with E-state index in [1.54, 1.807) is 0 Å².